The lowest BCUT2D eigenvalue weighted by Crippen LogP contribution is -2.32. The fraction of sp³-hybridized carbons (Fsp3) is 0.115. The Morgan fingerprint density at radius 3 is 2.23 bits per heavy atom. The molecule has 1 atom stereocenters. The van der Waals surface area contributed by atoms with Gasteiger partial charge in [0.05, 0.1) is 10.0 Å². The largest absolute Gasteiger partial charge is 0.448 e. The highest BCUT2D eigenvalue weighted by atomic mass is 35.5. The van der Waals surface area contributed by atoms with Gasteiger partial charge in [0.25, 0.3) is 11.5 Å². The van der Waals surface area contributed by atoms with Crippen LogP contribution in [0.4, 0.5) is 5.69 Å². The highest BCUT2D eigenvalue weighted by Crippen LogP contribution is 2.32. The third kappa shape index (κ3) is 5.05. The first-order valence-electron chi connectivity index (χ1n) is 10.5. The van der Waals surface area contributed by atoms with Crippen molar-refractivity contribution in [1.82, 2.24) is 4.57 Å². The Kier molecular flexibility index (Phi) is 7.17. The SMILES string of the molecule is CC(OC(=O)c1c(-c2ccc(Cl)cc2)c2ccccc2c(=O)n1C)C(=O)Nc1ccc(Cl)c(Cl)c1. The van der Waals surface area contributed by atoms with E-state index in [-0.39, 0.29) is 16.3 Å². The van der Waals surface area contributed by atoms with Crippen molar-refractivity contribution in [3.63, 3.8) is 0 Å². The zero-order chi connectivity index (χ0) is 25.3. The van der Waals surface area contributed by atoms with E-state index in [9.17, 15) is 14.4 Å². The molecule has 178 valence electrons. The van der Waals surface area contributed by atoms with Gasteiger partial charge in [-0.15, -0.1) is 0 Å². The second-order valence-corrected chi connectivity index (χ2v) is 9.06. The van der Waals surface area contributed by atoms with Gasteiger partial charge < -0.3 is 14.6 Å². The summed E-state index contributed by atoms with van der Waals surface area (Å²) in [7, 11) is 1.49. The van der Waals surface area contributed by atoms with Gasteiger partial charge in [-0.1, -0.05) is 65.1 Å². The predicted molar refractivity (Wildman–Crippen MR) is 140 cm³/mol. The Morgan fingerprint density at radius 1 is 0.914 bits per heavy atom. The number of anilines is 1. The van der Waals surface area contributed by atoms with Gasteiger partial charge in [-0.05, 0) is 54.3 Å². The molecular formula is C26H19Cl3N2O4. The van der Waals surface area contributed by atoms with E-state index in [1.54, 1.807) is 60.7 Å². The normalized spacial score (nSPS) is 11.8. The smallest absolute Gasteiger partial charge is 0.356 e. The molecular weight excluding hydrogens is 511 g/mol. The topological polar surface area (TPSA) is 77.4 Å². The lowest BCUT2D eigenvalue weighted by atomic mass is 9.96. The molecule has 4 rings (SSSR count). The van der Waals surface area contributed by atoms with Gasteiger partial charge in [0.1, 0.15) is 5.69 Å². The number of carbonyl (C=O) groups excluding carboxylic acids is 2. The van der Waals surface area contributed by atoms with Crippen molar-refractivity contribution in [1.29, 1.82) is 0 Å². The minimum atomic E-state index is -1.17. The van der Waals surface area contributed by atoms with Crippen LogP contribution in [0.3, 0.4) is 0 Å². The molecule has 3 aromatic carbocycles. The maximum atomic E-state index is 13.4. The summed E-state index contributed by atoms with van der Waals surface area (Å²) in [5.74, 6) is -1.40. The van der Waals surface area contributed by atoms with Crippen molar-refractivity contribution >= 4 is 63.1 Å². The van der Waals surface area contributed by atoms with Crippen LogP contribution >= 0.6 is 34.8 Å². The third-order valence-corrected chi connectivity index (χ3v) is 6.46. The van der Waals surface area contributed by atoms with E-state index in [1.165, 1.54) is 24.6 Å². The molecule has 0 saturated carbocycles. The number of halogens is 3. The van der Waals surface area contributed by atoms with Crippen LogP contribution in [0.1, 0.15) is 17.4 Å². The molecule has 1 unspecified atom stereocenters. The number of amides is 1. The number of pyridine rings is 1. The van der Waals surface area contributed by atoms with E-state index < -0.39 is 18.0 Å². The number of aromatic nitrogens is 1. The Labute approximate surface area is 216 Å². The van der Waals surface area contributed by atoms with Gasteiger partial charge in [0, 0.05) is 28.7 Å². The van der Waals surface area contributed by atoms with Crippen LogP contribution in [0.2, 0.25) is 15.1 Å². The summed E-state index contributed by atoms with van der Waals surface area (Å²) in [6.45, 7) is 1.44. The van der Waals surface area contributed by atoms with E-state index in [0.717, 1.165) is 0 Å². The van der Waals surface area contributed by atoms with Crippen LogP contribution in [-0.4, -0.2) is 22.5 Å². The quantitative estimate of drug-likeness (QED) is 0.306. The van der Waals surface area contributed by atoms with Gasteiger partial charge in [0.2, 0.25) is 0 Å². The molecule has 0 saturated heterocycles. The number of rotatable bonds is 5. The van der Waals surface area contributed by atoms with Gasteiger partial charge in [0.15, 0.2) is 6.10 Å². The standard InChI is InChI=1S/C26H19Cl3N2O4/c1-14(24(32)30-17-11-12-20(28)21(29)13-17)35-26(34)23-22(15-7-9-16(27)10-8-15)18-5-3-4-6-19(18)25(33)31(23)2/h3-14H,1-2H3,(H,30,32). The lowest BCUT2D eigenvalue weighted by molar-refractivity contribution is -0.123. The molecule has 0 fully saturated rings. The number of carbonyl (C=O) groups is 2. The first kappa shape index (κ1) is 24.8. The molecule has 0 aliphatic heterocycles. The summed E-state index contributed by atoms with van der Waals surface area (Å²) in [5, 5.41) is 4.80. The van der Waals surface area contributed by atoms with E-state index >= 15 is 0 Å². The van der Waals surface area contributed by atoms with Crippen molar-refractivity contribution in [2.75, 3.05) is 5.32 Å². The first-order chi connectivity index (χ1) is 16.7. The predicted octanol–water partition coefficient (Wildman–Crippen LogP) is 6.35. The van der Waals surface area contributed by atoms with Gasteiger partial charge >= 0.3 is 5.97 Å². The van der Waals surface area contributed by atoms with Crippen LogP contribution in [0.5, 0.6) is 0 Å². The van der Waals surface area contributed by atoms with Gasteiger partial charge in [-0.3, -0.25) is 9.59 Å². The Balaban J connectivity index is 1.72. The number of esters is 1. The second-order valence-electron chi connectivity index (χ2n) is 7.81. The van der Waals surface area contributed by atoms with Gasteiger partial charge in [-0.25, -0.2) is 4.79 Å². The summed E-state index contributed by atoms with van der Waals surface area (Å²) < 4.78 is 6.73. The zero-order valence-electron chi connectivity index (χ0n) is 18.6. The van der Waals surface area contributed by atoms with Gasteiger partial charge in [-0.2, -0.15) is 0 Å². The summed E-state index contributed by atoms with van der Waals surface area (Å²) in [6.07, 6.45) is -1.17. The molecule has 4 aromatic rings. The minimum absolute atomic E-state index is 0.0187. The van der Waals surface area contributed by atoms with E-state index in [0.29, 0.717) is 37.6 Å². The average molecular weight is 530 g/mol. The Bertz CT molecular complexity index is 1510. The summed E-state index contributed by atoms with van der Waals surface area (Å²) in [4.78, 5) is 39.1. The molecule has 1 amide bonds. The van der Waals surface area contributed by atoms with E-state index in [1.807, 2.05) is 0 Å². The highest BCUT2D eigenvalue weighted by molar-refractivity contribution is 6.42. The van der Waals surface area contributed by atoms with Crippen LogP contribution in [-0.2, 0) is 16.6 Å². The van der Waals surface area contributed by atoms with Crippen LogP contribution in [0, 0.1) is 0 Å². The van der Waals surface area contributed by atoms with Crippen molar-refractivity contribution in [2.45, 2.75) is 13.0 Å². The molecule has 0 bridgehead atoms. The van der Waals surface area contributed by atoms with Crippen molar-refractivity contribution in [3.05, 3.63) is 97.8 Å². The molecule has 9 heteroatoms. The van der Waals surface area contributed by atoms with Crippen LogP contribution in [0.25, 0.3) is 21.9 Å². The fourth-order valence-electron chi connectivity index (χ4n) is 3.70. The van der Waals surface area contributed by atoms with E-state index in [4.69, 9.17) is 39.5 Å². The number of nitrogens with one attached hydrogen (secondary N) is 1. The van der Waals surface area contributed by atoms with Crippen molar-refractivity contribution in [2.24, 2.45) is 7.05 Å². The molecule has 35 heavy (non-hydrogen) atoms. The maximum absolute atomic E-state index is 13.4. The molecule has 1 aromatic heterocycles. The van der Waals surface area contributed by atoms with E-state index in [2.05, 4.69) is 5.32 Å². The van der Waals surface area contributed by atoms with Crippen molar-refractivity contribution < 1.29 is 14.3 Å². The zero-order valence-corrected chi connectivity index (χ0v) is 20.9. The molecule has 0 aliphatic rings. The number of hydrogen-bond acceptors (Lipinski definition) is 4. The first-order valence-corrected chi connectivity index (χ1v) is 11.7. The molecule has 6 nitrogen and oxygen atoms in total. The highest BCUT2D eigenvalue weighted by Gasteiger charge is 2.26. The monoisotopic (exact) mass is 528 g/mol. The van der Waals surface area contributed by atoms with Crippen LogP contribution < -0.4 is 10.9 Å². The molecule has 0 aliphatic carbocycles. The maximum Gasteiger partial charge on any atom is 0.356 e. The summed E-state index contributed by atoms with van der Waals surface area (Å²) in [5.41, 5.74) is 1.22. The third-order valence-electron chi connectivity index (χ3n) is 5.47. The minimum Gasteiger partial charge on any atom is -0.448 e. The molecule has 1 N–H and O–H groups in total. The number of ether oxygens (including phenoxy) is 1. The molecule has 1 heterocycles. The lowest BCUT2D eigenvalue weighted by Gasteiger charge is -2.19. The fourth-order valence-corrected chi connectivity index (χ4v) is 4.12. The Hall–Kier alpha value is -3.32. The summed E-state index contributed by atoms with van der Waals surface area (Å²) >= 11 is 18.0. The number of nitrogens with zero attached hydrogens (tertiary/aromatic N) is 1. The number of fused-ring (bicyclic) bond motifs is 1. The second kappa shape index (κ2) is 10.1. The summed E-state index contributed by atoms with van der Waals surface area (Å²) in [6, 6.07) is 18.5. The molecule has 0 radical (unpaired) electrons. The Morgan fingerprint density at radius 2 is 1.57 bits per heavy atom. The molecule has 0 spiro atoms. The number of benzene rings is 3. The van der Waals surface area contributed by atoms with Crippen LogP contribution in [0.15, 0.2) is 71.5 Å². The average Bonchev–Trinajstić information content (AvgIpc) is 2.84. The number of hydrogen-bond donors (Lipinski definition) is 1. The van der Waals surface area contributed by atoms with Crippen molar-refractivity contribution in [3.8, 4) is 11.1 Å².